The monoisotopic (exact) mass is 266 g/mol. The summed E-state index contributed by atoms with van der Waals surface area (Å²) in [7, 11) is -1.69. The Morgan fingerprint density at radius 2 is 1.76 bits per heavy atom. The molecular formula is C11H26N2O3S. The second kappa shape index (κ2) is 7.31. The molecule has 104 valence electrons. The van der Waals surface area contributed by atoms with Crippen LogP contribution in [-0.4, -0.2) is 50.8 Å². The van der Waals surface area contributed by atoms with E-state index < -0.39 is 15.6 Å². The quantitative estimate of drug-likeness (QED) is 0.627. The molecule has 0 fully saturated rings. The standard InChI is InChI=1S/C11H26N2O3S/c1-5-11(6-2,10-12)13(4)17(14,15)9-8-16-7-3/h5-10,12H2,1-4H3. The summed E-state index contributed by atoms with van der Waals surface area (Å²) in [6.07, 6.45) is 1.43. The molecule has 0 rings (SSSR count). The van der Waals surface area contributed by atoms with Crippen molar-refractivity contribution in [1.82, 2.24) is 4.31 Å². The summed E-state index contributed by atoms with van der Waals surface area (Å²) in [6, 6.07) is 0. The van der Waals surface area contributed by atoms with Crippen molar-refractivity contribution in [3.05, 3.63) is 0 Å². The molecular weight excluding hydrogens is 240 g/mol. The largest absolute Gasteiger partial charge is 0.381 e. The number of hydrogen-bond donors (Lipinski definition) is 1. The van der Waals surface area contributed by atoms with Gasteiger partial charge in [0.25, 0.3) is 0 Å². The van der Waals surface area contributed by atoms with Crippen molar-refractivity contribution in [3.8, 4) is 0 Å². The number of sulfonamides is 1. The fourth-order valence-corrected chi connectivity index (χ4v) is 3.38. The Bertz CT molecular complexity index is 292. The molecule has 0 saturated carbocycles. The van der Waals surface area contributed by atoms with Gasteiger partial charge in [-0.1, -0.05) is 13.8 Å². The molecule has 0 aliphatic heterocycles. The number of nitrogens with zero attached hydrogens (tertiary/aromatic N) is 1. The lowest BCUT2D eigenvalue weighted by molar-refractivity contribution is 0.159. The Morgan fingerprint density at radius 1 is 1.24 bits per heavy atom. The van der Waals surface area contributed by atoms with Gasteiger partial charge in [0.2, 0.25) is 10.0 Å². The summed E-state index contributed by atoms with van der Waals surface area (Å²) in [5, 5.41) is 0. The Kier molecular flexibility index (Phi) is 7.23. The number of likely N-dealkylation sites (N-methyl/N-ethyl adjacent to an activating group) is 1. The zero-order chi connectivity index (χ0) is 13.5. The van der Waals surface area contributed by atoms with Crippen LogP contribution in [0.25, 0.3) is 0 Å². The molecule has 0 spiro atoms. The van der Waals surface area contributed by atoms with E-state index in [1.165, 1.54) is 4.31 Å². The van der Waals surface area contributed by atoms with Crippen LogP contribution in [0.2, 0.25) is 0 Å². The Labute approximate surface area is 105 Å². The maximum atomic E-state index is 12.1. The zero-order valence-corrected chi connectivity index (χ0v) is 12.2. The number of hydrogen-bond acceptors (Lipinski definition) is 4. The third-order valence-electron chi connectivity index (χ3n) is 3.47. The molecule has 0 aliphatic rings. The van der Waals surface area contributed by atoms with Crippen LogP contribution >= 0.6 is 0 Å². The van der Waals surface area contributed by atoms with Gasteiger partial charge in [0, 0.05) is 25.7 Å². The molecule has 0 aromatic carbocycles. The van der Waals surface area contributed by atoms with Gasteiger partial charge in [-0.15, -0.1) is 0 Å². The predicted octanol–water partition coefficient (Wildman–Crippen LogP) is 0.802. The minimum absolute atomic E-state index is 0.0130. The molecule has 0 saturated heterocycles. The van der Waals surface area contributed by atoms with Gasteiger partial charge < -0.3 is 10.5 Å². The molecule has 5 nitrogen and oxygen atoms in total. The Hall–Kier alpha value is -0.170. The highest BCUT2D eigenvalue weighted by Gasteiger charge is 2.36. The number of ether oxygens (including phenoxy) is 1. The van der Waals surface area contributed by atoms with Crippen LogP contribution in [0.1, 0.15) is 33.6 Å². The first-order valence-corrected chi connectivity index (χ1v) is 7.75. The normalized spacial score (nSPS) is 13.3. The van der Waals surface area contributed by atoms with Crippen molar-refractivity contribution in [3.63, 3.8) is 0 Å². The number of rotatable bonds is 9. The highest BCUT2D eigenvalue weighted by Crippen LogP contribution is 2.24. The molecule has 0 bridgehead atoms. The van der Waals surface area contributed by atoms with Crippen LogP contribution in [0.4, 0.5) is 0 Å². The molecule has 17 heavy (non-hydrogen) atoms. The highest BCUT2D eigenvalue weighted by atomic mass is 32.2. The van der Waals surface area contributed by atoms with E-state index in [1.807, 2.05) is 20.8 Å². The van der Waals surface area contributed by atoms with E-state index in [4.69, 9.17) is 10.5 Å². The fourth-order valence-electron chi connectivity index (χ4n) is 1.85. The van der Waals surface area contributed by atoms with E-state index in [0.29, 0.717) is 26.0 Å². The van der Waals surface area contributed by atoms with Gasteiger partial charge >= 0.3 is 0 Å². The summed E-state index contributed by atoms with van der Waals surface area (Å²) in [6.45, 7) is 6.87. The average Bonchev–Trinajstić information content (AvgIpc) is 2.32. The summed E-state index contributed by atoms with van der Waals surface area (Å²) in [4.78, 5) is 0. The minimum atomic E-state index is -3.30. The minimum Gasteiger partial charge on any atom is -0.381 e. The van der Waals surface area contributed by atoms with Gasteiger partial charge in [-0.3, -0.25) is 0 Å². The maximum absolute atomic E-state index is 12.1. The second-order valence-corrected chi connectivity index (χ2v) is 6.24. The van der Waals surface area contributed by atoms with E-state index in [1.54, 1.807) is 7.05 Å². The van der Waals surface area contributed by atoms with Gasteiger partial charge in [-0.05, 0) is 19.8 Å². The lowest BCUT2D eigenvalue weighted by Crippen LogP contribution is -2.54. The molecule has 0 aromatic rings. The Morgan fingerprint density at radius 3 is 2.12 bits per heavy atom. The SMILES string of the molecule is CCOCCS(=O)(=O)N(C)C(CC)(CC)CN. The molecule has 0 amide bonds. The van der Waals surface area contributed by atoms with E-state index in [9.17, 15) is 8.42 Å². The van der Waals surface area contributed by atoms with E-state index in [0.717, 1.165) is 0 Å². The summed E-state index contributed by atoms with van der Waals surface area (Å²) < 4.78 is 30.8. The Balaban J connectivity index is 4.80. The van der Waals surface area contributed by atoms with Crippen LogP contribution in [0.5, 0.6) is 0 Å². The first-order chi connectivity index (χ1) is 7.90. The van der Waals surface area contributed by atoms with Crippen molar-refractivity contribution in [2.75, 3.05) is 32.6 Å². The molecule has 6 heteroatoms. The molecule has 0 aliphatic carbocycles. The van der Waals surface area contributed by atoms with Gasteiger partial charge in [0.05, 0.1) is 12.4 Å². The smallest absolute Gasteiger partial charge is 0.216 e. The first-order valence-electron chi connectivity index (χ1n) is 6.14. The highest BCUT2D eigenvalue weighted by molar-refractivity contribution is 7.89. The van der Waals surface area contributed by atoms with Crippen LogP contribution in [0.3, 0.4) is 0 Å². The van der Waals surface area contributed by atoms with Crippen molar-refractivity contribution in [2.45, 2.75) is 39.2 Å². The van der Waals surface area contributed by atoms with E-state index in [-0.39, 0.29) is 12.4 Å². The third-order valence-corrected chi connectivity index (χ3v) is 5.38. The lowest BCUT2D eigenvalue weighted by atomic mass is 9.93. The fraction of sp³-hybridized carbons (Fsp3) is 1.00. The summed E-state index contributed by atoms with van der Waals surface area (Å²) >= 11 is 0. The number of nitrogens with two attached hydrogens (primary N) is 1. The maximum Gasteiger partial charge on any atom is 0.216 e. The van der Waals surface area contributed by atoms with Crippen LogP contribution in [-0.2, 0) is 14.8 Å². The van der Waals surface area contributed by atoms with Gasteiger partial charge in [0.1, 0.15) is 0 Å². The van der Waals surface area contributed by atoms with Crippen LogP contribution in [0.15, 0.2) is 0 Å². The van der Waals surface area contributed by atoms with Crippen molar-refractivity contribution in [1.29, 1.82) is 0 Å². The van der Waals surface area contributed by atoms with Crippen molar-refractivity contribution < 1.29 is 13.2 Å². The van der Waals surface area contributed by atoms with Gasteiger partial charge in [-0.2, -0.15) is 4.31 Å². The average molecular weight is 266 g/mol. The van der Waals surface area contributed by atoms with Crippen molar-refractivity contribution >= 4 is 10.0 Å². The summed E-state index contributed by atoms with van der Waals surface area (Å²) in [5.41, 5.74) is 5.28. The topological polar surface area (TPSA) is 72.6 Å². The molecule has 0 unspecified atom stereocenters. The molecule has 2 N–H and O–H groups in total. The summed E-state index contributed by atoms with van der Waals surface area (Å²) in [5.74, 6) is 0.0130. The lowest BCUT2D eigenvalue weighted by Gasteiger charge is -2.38. The third kappa shape index (κ3) is 4.21. The van der Waals surface area contributed by atoms with E-state index >= 15 is 0 Å². The second-order valence-electron chi connectivity index (χ2n) is 4.12. The zero-order valence-electron chi connectivity index (χ0n) is 11.4. The van der Waals surface area contributed by atoms with Gasteiger partial charge in [-0.25, -0.2) is 8.42 Å². The van der Waals surface area contributed by atoms with Crippen LogP contribution < -0.4 is 5.73 Å². The van der Waals surface area contributed by atoms with Crippen molar-refractivity contribution in [2.24, 2.45) is 5.73 Å². The first kappa shape index (κ1) is 16.8. The van der Waals surface area contributed by atoms with Crippen LogP contribution in [0, 0.1) is 0 Å². The molecule has 0 heterocycles. The van der Waals surface area contributed by atoms with Gasteiger partial charge in [0.15, 0.2) is 0 Å². The molecule has 0 aromatic heterocycles. The molecule has 0 atom stereocenters. The van der Waals surface area contributed by atoms with E-state index in [2.05, 4.69) is 0 Å². The molecule has 0 radical (unpaired) electrons. The predicted molar refractivity (Wildman–Crippen MR) is 70.4 cm³/mol.